The average molecular weight is 152 g/mol. The van der Waals surface area contributed by atoms with E-state index in [1.165, 1.54) is 0 Å². The van der Waals surface area contributed by atoms with Gasteiger partial charge in [-0.25, -0.2) is 0 Å². The van der Waals surface area contributed by atoms with Crippen LogP contribution in [0.3, 0.4) is 0 Å². The van der Waals surface area contributed by atoms with E-state index in [9.17, 15) is 0 Å². The molecule has 1 heterocycles. The van der Waals surface area contributed by atoms with Crippen molar-refractivity contribution in [1.29, 1.82) is 0 Å². The Morgan fingerprint density at radius 1 is 1.33 bits per heavy atom. The van der Waals surface area contributed by atoms with Gasteiger partial charge in [0.25, 0.3) is 0 Å². The van der Waals surface area contributed by atoms with Crippen LogP contribution in [0.25, 0.3) is 0 Å². The first kappa shape index (κ1) is 7.28. The van der Waals surface area contributed by atoms with E-state index in [-0.39, 0.29) is 11.4 Å². The van der Waals surface area contributed by atoms with Gasteiger partial charge in [-0.05, 0) is 0 Å². The highest BCUT2D eigenvalue weighted by Gasteiger charge is 2.17. The zero-order chi connectivity index (χ0) is 6.69. The predicted molar refractivity (Wildman–Crippen MR) is 34.4 cm³/mol. The van der Waals surface area contributed by atoms with E-state index in [2.05, 4.69) is 0 Å². The Hall–Kier alpha value is 0.170. The summed E-state index contributed by atoms with van der Waals surface area (Å²) in [6, 6.07) is -0.0887. The van der Waals surface area contributed by atoms with Crippen LogP contribution in [0.15, 0.2) is 0 Å². The molecule has 54 valence electrons. The van der Waals surface area contributed by atoms with Crippen molar-refractivity contribution >= 4 is 11.6 Å². The van der Waals surface area contributed by atoms with E-state index < -0.39 is 0 Å². The van der Waals surface area contributed by atoms with Gasteiger partial charge in [0.05, 0.1) is 18.6 Å². The number of rotatable bonds is 0. The average Bonchev–Trinajstić information content (AvgIpc) is 1.99. The SMILES string of the molecule is N[C@@H]1COCOC[C@H]1Cl. The number of nitrogens with two attached hydrogens (primary N) is 1. The van der Waals surface area contributed by atoms with E-state index in [0.717, 1.165) is 0 Å². The summed E-state index contributed by atoms with van der Waals surface area (Å²) in [5, 5.41) is -0.104. The number of alkyl halides is 1. The molecule has 1 aliphatic rings. The fourth-order valence-electron chi connectivity index (χ4n) is 0.632. The van der Waals surface area contributed by atoms with Crippen molar-refractivity contribution in [2.24, 2.45) is 5.73 Å². The van der Waals surface area contributed by atoms with Gasteiger partial charge in [0, 0.05) is 6.04 Å². The molecule has 0 aromatic carbocycles. The molecule has 1 aliphatic heterocycles. The second-order valence-corrected chi connectivity index (χ2v) is 2.60. The highest BCUT2D eigenvalue weighted by Crippen LogP contribution is 2.05. The topological polar surface area (TPSA) is 44.5 Å². The van der Waals surface area contributed by atoms with Crippen molar-refractivity contribution in [2.45, 2.75) is 11.4 Å². The van der Waals surface area contributed by atoms with Crippen LogP contribution >= 0.6 is 11.6 Å². The molecule has 0 aromatic rings. The summed E-state index contributed by atoms with van der Waals surface area (Å²) in [7, 11) is 0. The van der Waals surface area contributed by atoms with Crippen LogP contribution in [0.1, 0.15) is 0 Å². The molecule has 1 rings (SSSR count). The first-order chi connectivity index (χ1) is 4.30. The summed E-state index contributed by atoms with van der Waals surface area (Å²) in [6.07, 6.45) is 0. The Labute approximate surface area is 59.1 Å². The third-order valence-corrected chi connectivity index (χ3v) is 1.67. The molecule has 2 N–H and O–H groups in total. The first-order valence-electron chi connectivity index (χ1n) is 2.86. The molecule has 1 fully saturated rings. The molecule has 0 radical (unpaired) electrons. The fraction of sp³-hybridized carbons (Fsp3) is 1.00. The summed E-state index contributed by atoms with van der Waals surface area (Å²) in [5.41, 5.74) is 5.54. The first-order valence-corrected chi connectivity index (χ1v) is 3.29. The molecule has 0 unspecified atom stereocenters. The molecule has 0 aliphatic carbocycles. The minimum Gasteiger partial charge on any atom is -0.354 e. The maximum atomic E-state index is 5.74. The lowest BCUT2D eigenvalue weighted by Crippen LogP contribution is -2.35. The highest BCUT2D eigenvalue weighted by molar-refractivity contribution is 6.21. The van der Waals surface area contributed by atoms with Gasteiger partial charge in [0.2, 0.25) is 0 Å². The van der Waals surface area contributed by atoms with E-state index in [0.29, 0.717) is 20.0 Å². The van der Waals surface area contributed by atoms with Crippen LogP contribution in [-0.4, -0.2) is 31.4 Å². The fourth-order valence-corrected chi connectivity index (χ4v) is 0.794. The second-order valence-electron chi connectivity index (χ2n) is 2.04. The zero-order valence-electron chi connectivity index (χ0n) is 5.05. The Bertz CT molecular complexity index is 81.0. The van der Waals surface area contributed by atoms with Crippen LogP contribution in [0.2, 0.25) is 0 Å². The van der Waals surface area contributed by atoms with Crippen molar-refractivity contribution in [2.75, 3.05) is 20.0 Å². The summed E-state index contributed by atoms with van der Waals surface area (Å²) in [5.74, 6) is 0. The van der Waals surface area contributed by atoms with Gasteiger partial charge in [-0.1, -0.05) is 0 Å². The normalized spacial score (nSPS) is 38.0. The van der Waals surface area contributed by atoms with Crippen molar-refractivity contribution in [3.8, 4) is 0 Å². The molecule has 0 aromatic heterocycles. The number of ether oxygens (including phenoxy) is 2. The lowest BCUT2D eigenvalue weighted by molar-refractivity contribution is -0.0327. The van der Waals surface area contributed by atoms with Crippen LogP contribution in [-0.2, 0) is 9.47 Å². The number of hydrogen-bond donors (Lipinski definition) is 1. The zero-order valence-corrected chi connectivity index (χ0v) is 5.80. The third-order valence-electron chi connectivity index (χ3n) is 1.22. The maximum absolute atomic E-state index is 5.74. The van der Waals surface area contributed by atoms with E-state index in [1.807, 2.05) is 0 Å². The molecule has 0 amide bonds. The van der Waals surface area contributed by atoms with Gasteiger partial charge < -0.3 is 15.2 Å². The van der Waals surface area contributed by atoms with Gasteiger partial charge in [-0.3, -0.25) is 0 Å². The molecular weight excluding hydrogens is 142 g/mol. The molecule has 3 nitrogen and oxygen atoms in total. The third kappa shape index (κ3) is 2.10. The molecule has 4 heteroatoms. The van der Waals surface area contributed by atoms with Crippen molar-refractivity contribution in [3.63, 3.8) is 0 Å². The molecule has 0 bridgehead atoms. The van der Waals surface area contributed by atoms with Crippen LogP contribution in [0.4, 0.5) is 0 Å². The minimum atomic E-state index is -0.104. The quantitative estimate of drug-likeness (QED) is 0.493. The summed E-state index contributed by atoms with van der Waals surface area (Å²) < 4.78 is 9.89. The minimum absolute atomic E-state index is 0.0887. The molecule has 1 saturated heterocycles. The monoisotopic (exact) mass is 151 g/mol. The lowest BCUT2D eigenvalue weighted by atomic mass is 10.2. The van der Waals surface area contributed by atoms with Gasteiger partial charge in [0.1, 0.15) is 6.79 Å². The Morgan fingerprint density at radius 3 is 2.78 bits per heavy atom. The smallest absolute Gasteiger partial charge is 0.146 e. The lowest BCUT2D eigenvalue weighted by Gasteiger charge is -2.10. The van der Waals surface area contributed by atoms with E-state index in [1.54, 1.807) is 0 Å². The van der Waals surface area contributed by atoms with Gasteiger partial charge in [-0.2, -0.15) is 0 Å². The molecule has 0 saturated carbocycles. The molecule has 9 heavy (non-hydrogen) atoms. The van der Waals surface area contributed by atoms with Gasteiger partial charge >= 0.3 is 0 Å². The molecule has 0 spiro atoms. The van der Waals surface area contributed by atoms with Crippen LogP contribution in [0.5, 0.6) is 0 Å². The van der Waals surface area contributed by atoms with E-state index >= 15 is 0 Å². The van der Waals surface area contributed by atoms with Crippen LogP contribution < -0.4 is 5.73 Å². The number of halogens is 1. The number of hydrogen-bond acceptors (Lipinski definition) is 3. The maximum Gasteiger partial charge on any atom is 0.146 e. The Kier molecular flexibility index (Phi) is 2.72. The Balaban J connectivity index is 2.32. The van der Waals surface area contributed by atoms with Gasteiger partial charge in [-0.15, -0.1) is 11.6 Å². The van der Waals surface area contributed by atoms with Gasteiger partial charge in [0.15, 0.2) is 0 Å². The Morgan fingerprint density at radius 2 is 2.00 bits per heavy atom. The molecule has 2 atom stereocenters. The van der Waals surface area contributed by atoms with Crippen LogP contribution in [0, 0.1) is 0 Å². The standard InChI is InChI=1S/C5H10ClNO2/c6-4-1-8-3-9-2-5(4)7/h4-5H,1-3,7H2/t4-,5-/m1/s1. The molecular formula is C5H10ClNO2. The predicted octanol–water partition coefficient (Wildman–Crippen LogP) is -0.0746. The van der Waals surface area contributed by atoms with Crippen molar-refractivity contribution in [3.05, 3.63) is 0 Å². The summed E-state index contributed by atoms with van der Waals surface area (Å²) in [6.45, 7) is 1.30. The second kappa shape index (κ2) is 3.37. The van der Waals surface area contributed by atoms with E-state index in [4.69, 9.17) is 26.8 Å². The van der Waals surface area contributed by atoms with Crippen molar-refractivity contribution in [1.82, 2.24) is 0 Å². The van der Waals surface area contributed by atoms with Crippen molar-refractivity contribution < 1.29 is 9.47 Å². The largest absolute Gasteiger partial charge is 0.354 e. The highest BCUT2D eigenvalue weighted by atomic mass is 35.5. The summed E-state index contributed by atoms with van der Waals surface area (Å²) in [4.78, 5) is 0. The summed E-state index contributed by atoms with van der Waals surface area (Å²) >= 11 is 5.74.